The number of carbonyl (C=O) groups excluding carboxylic acids is 2. The van der Waals surface area contributed by atoms with E-state index in [9.17, 15) is 22.8 Å². The Morgan fingerprint density at radius 2 is 1.85 bits per heavy atom. The molecule has 26 heavy (non-hydrogen) atoms. The Balaban J connectivity index is 1.99. The molecule has 2 aliphatic heterocycles. The highest BCUT2D eigenvalue weighted by Crippen LogP contribution is 2.40. The van der Waals surface area contributed by atoms with E-state index in [1.165, 1.54) is 18.1 Å². The molecule has 0 aliphatic carbocycles. The number of nitrogens with zero attached hydrogens (tertiary/aromatic N) is 2. The van der Waals surface area contributed by atoms with Crippen LogP contribution >= 0.6 is 0 Å². The van der Waals surface area contributed by atoms with E-state index in [0.29, 0.717) is 5.69 Å². The number of halogens is 3. The lowest BCUT2D eigenvalue weighted by Crippen LogP contribution is -2.33. The molecule has 2 fully saturated rings. The van der Waals surface area contributed by atoms with Gasteiger partial charge >= 0.3 is 12.1 Å². The van der Waals surface area contributed by atoms with Crippen molar-refractivity contribution < 1.29 is 27.5 Å². The van der Waals surface area contributed by atoms with Crippen molar-refractivity contribution in [2.24, 2.45) is 5.92 Å². The molecule has 2 saturated heterocycles. The molecule has 2 aliphatic rings. The molecule has 8 heteroatoms. The number of rotatable bonds is 3. The summed E-state index contributed by atoms with van der Waals surface area (Å²) in [5.41, 5.74) is 0.0253. The Hall–Kier alpha value is -2.25. The molecular weight excluding hydrogens is 349 g/mol. The van der Waals surface area contributed by atoms with Gasteiger partial charge in [0.05, 0.1) is 30.0 Å². The van der Waals surface area contributed by atoms with Crippen LogP contribution in [-0.2, 0) is 20.5 Å². The number of methoxy groups -OCH3 is 1. The molecule has 0 aromatic heterocycles. The molecule has 0 N–H and O–H groups in total. The first-order valence-corrected chi connectivity index (χ1v) is 8.65. The normalized spacial score (nSPS) is 21.2. The van der Waals surface area contributed by atoms with Crippen LogP contribution in [0.2, 0.25) is 0 Å². The third-order valence-electron chi connectivity index (χ3n) is 4.95. The van der Waals surface area contributed by atoms with Crippen molar-refractivity contribution in [3.8, 4) is 0 Å². The molecule has 0 spiro atoms. The molecule has 0 saturated carbocycles. The molecule has 1 unspecified atom stereocenters. The summed E-state index contributed by atoms with van der Waals surface area (Å²) in [6.07, 6.45) is -1.56. The second-order valence-electron chi connectivity index (χ2n) is 6.68. The number of esters is 1. The largest absolute Gasteiger partial charge is 0.469 e. The smallest absolute Gasteiger partial charge is 0.416 e. The highest BCUT2D eigenvalue weighted by molar-refractivity contribution is 6.02. The summed E-state index contributed by atoms with van der Waals surface area (Å²) in [5.74, 6) is -1.54. The monoisotopic (exact) mass is 370 g/mol. The molecule has 5 nitrogen and oxygen atoms in total. The minimum absolute atomic E-state index is 0.0354. The van der Waals surface area contributed by atoms with Crippen LogP contribution in [-0.4, -0.2) is 38.6 Å². The molecule has 142 valence electrons. The van der Waals surface area contributed by atoms with Crippen LogP contribution in [0.15, 0.2) is 18.2 Å². The van der Waals surface area contributed by atoms with Gasteiger partial charge in [0, 0.05) is 26.1 Å². The maximum absolute atomic E-state index is 13.2. The van der Waals surface area contributed by atoms with E-state index >= 15 is 0 Å². The lowest BCUT2D eigenvalue weighted by molar-refractivity contribution is -0.145. The number of amides is 1. The van der Waals surface area contributed by atoms with Crippen LogP contribution in [0.4, 0.5) is 24.5 Å². The first kappa shape index (κ1) is 18.5. The number of hydrogen-bond donors (Lipinski definition) is 0. The number of anilines is 2. The standard InChI is InChI=1S/C18H21F3N2O3/c1-26-17(25)12-9-16(24)23(11-12)15-10-13(18(19,20)21)5-6-14(15)22-7-3-2-4-8-22/h5-6,10,12H,2-4,7-9,11H2,1H3. The average molecular weight is 370 g/mol. The van der Waals surface area contributed by atoms with E-state index < -0.39 is 23.6 Å². The Labute approximate surface area is 149 Å². The van der Waals surface area contributed by atoms with Crippen molar-refractivity contribution in [1.29, 1.82) is 0 Å². The lowest BCUT2D eigenvalue weighted by Gasteiger charge is -2.33. The van der Waals surface area contributed by atoms with E-state index in [1.54, 1.807) is 0 Å². The van der Waals surface area contributed by atoms with Crippen LogP contribution in [0.1, 0.15) is 31.2 Å². The first-order chi connectivity index (χ1) is 12.3. The predicted octanol–water partition coefficient (Wildman–Crippen LogP) is 3.22. The lowest BCUT2D eigenvalue weighted by atomic mass is 10.1. The van der Waals surface area contributed by atoms with Gasteiger partial charge in [-0.25, -0.2) is 0 Å². The van der Waals surface area contributed by atoms with Crippen LogP contribution in [0, 0.1) is 5.92 Å². The summed E-state index contributed by atoms with van der Waals surface area (Å²) in [7, 11) is 1.24. The zero-order valence-electron chi connectivity index (χ0n) is 14.5. The van der Waals surface area contributed by atoms with Crippen LogP contribution in [0.25, 0.3) is 0 Å². The number of alkyl halides is 3. The van der Waals surface area contributed by atoms with Gasteiger partial charge in [-0.1, -0.05) is 0 Å². The highest BCUT2D eigenvalue weighted by Gasteiger charge is 2.39. The minimum atomic E-state index is -4.50. The van der Waals surface area contributed by atoms with Crippen molar-refractivity contribution >= 4 is 23.3 Å². The number of ether oxygens (including phenoxy) is 1. The molecule has 1 atom stereocenters. The maximum Gasteiger partial charge on any atom is 0.416 e. The number of hydrogen-bond acceptors (Lipinski definition) is 4. The second-order valence-corrected chi connectivity index (χ2v) is 6.68. The Morgan fingerprint density at radius 1 is 1.15 bits per heavy atom. The van der Waals surface area contributed by atoms with Crippen LogP contribution < -0.4 is 9.80 Å². The van der Waals surface area contributed by atoms with Crippen molar-refractivity contribution in [3.63, 3.8) is 0 Å². The van der Waals surface area contributed by atoms with Gasteiger partial charge in [0.15, 0.2) is 0 Å². The fraction of sp³-hybridized carbons (Fsp3) is 0.556. The van der Waals surface area contributed by atoms with Gasteiger partial charge < -0.3 is 14.5 Å². The SMILES string of the molecule is COC(=O)C1CC(=O)N(c2cc(C(F)(F)F)ccc2N2CCCCC2)C1. The second kappa shape index (κ2) is 7.17. The molecule has 0 bridgehead atoms. The summed E-state index contributed by atoms with van der Waals surface area (Å²) in [5, 5.41) is 0. The zero-order valence-corrected chi connectivity index (χ0v) is 14.5. The molecule has 1 aromatic carbocycles. The summed E-state index contributed by atoms with van der Waals surface area (Å²) >= 11 is 0. The molecular formula is C18H21F3N2O3. The van der Waals surface area contributed by atoms with Crippen molar-refractivity contribution in [2.75, 3.05) is 36.5 Å². The van der Waals surface area contributed by atoms with Crippen LogP contribution in [0.3, 0.4) is 0 Å². The third-order valence-corrected chi connectivity index (χ3v) is 4.95. The number of piperidine rings is 1. The van der Waals surface area contributed by atoms with Crippen molar-refractivity contribution in [3.05, 3.63) is 23.8 Å². The summed E-state index contributed by atoms with van der Waals surface area (Å²) in [6, 6.07) is 3.50. The molecule has 3 rings (SSSR count). The quantitative estimate of drug-likeness (QED) is 0.767. The van der Waals surface area contributed by atoms with E-state index in [0.717, 1.165) is 44.5 Å². The molecule has 0 radical (unpaired) electrons. The summed E-state index contributed by atoms with van der Waals surface area (Å²) in [4.78, 5) is 27.5. The molecule has 2 heterocycles. The van der Waals surface area contributed by atoms with E-state index in [1.807, 2.05) is 4.90 Å². The van der Waals surface area contributed by atoms with Crippen molar-refractivity contribution in [2.45, 2.75) is 31.9 Å². The fourth-order valence-corrected chi connectivity index (χ4v) is 3.58. The first-order valence-electron chi connectivity index (χ1n) is 8.65. The molecule has 1 aromatic rings. The van der Waals surface area contributed by atoms with Gasteiger partial charge in [-0.3, -0.25) is 9.59 Å². The van der Waals surface area contributed by atoms with Gasteiger partial charge in [-0.15, -0.1) is 0 Å². The van der Waals surface area contributed by atoms with E-state index in [-0.39, 0.29) is 24.6 Å². The van der Waals surface area contributed by atoms with Gasteiger partial charge in [0.1, 0.15) is 0 Å². The van der Waals surface area contributed by atoms with Crippen molar-refractivity contribution in [1.82, 2.24) is 0 Å². The Bertz CT molecular complexity index is 699. The summed E-state index contributed by atoms with van der Waals surface area (Å²) in [6.45, 7) is 1.51. The predicted molar refractivity (Wildman–Crippen MR) is 90.0 cm³/mol. The molecule has 1 amide bonds. The Morgan fingerprint density at radius 3 is 2.46 bits per heavy atom. The fourth-order valence-electron chi connectivity index (χ4n) is 3.58. The maximum atomic E-state index is 13.2. The van der Waals surface area contributed by atoms with E-state index in [4.69, 9.17) is 0 Å². The minimum Gasteiger partial charge on any atom is -0.469 e. The van der Waals surface area contributed by atoms with E-state index in [2.05, 4.69) is 4.74 Å². The van der Waals surface area contributed by atoms with Gasteiger partial charge in [-0.05, 0) is 37.5 Å². The van der Waals surface area contributed by atoms with Gasteiger partial charge in [0.25, 0.3) is 0 Å². The van der Waals surface area contributed by atoms with Gasteiger partial charge in [0.2, 0.25) is 5.91 Å². The Kier molecular flexibility index (Phi) is 5.11. The topological polar surface area (TPSA) is 49.9 Å². The van der Waals surface area contributed by atoms with Gasteiger partial charge in [-0.2, -0.15) is 13.2 Å². The number of carbonyl (C=O) groups is 2. The number of benzene rings is 1. The van der Waals surface area contributed by atoms with Crippen LogP contribution in [0.5, 0.6) is 0 Å². The third kappa shape index (κ3) is 3.64. The average Bonchev–Trinajstić information content (AvgIpc) is 3.02. The zero-order chi connectivity index (χ0) is 18.9. The highest BCUT2D eigenvalue weighted by atomic mass is 19.4. The summed E-state index contributed by atoms with van der Waals surface area (Å²) < 4.78 is 44.3.